The summed E-state index contributed by atoms with van der Waals surface area (Å²) in [6.07, 6.45) is 0. The molecular weight excluding hydrogens is 336 g/mol. The van der Waals surface area contributed by atoms with Crippen LogP contribution in [0.15, 0.2) is 24.3 Å². The molecule has 5 N–H and O–H groups in total. The van der Waals surface area contributed by atoms with E-state index >= 15 is 0 Å². The third-order valence-electron chi connectivity index (χ3n) is 1.96. The lowest BCUT2D eigenvalue weighted by atomic mass is 10.3. The van der Waals surface area contributed by atoms with Gasteiger partial charge in [0.1, 0.15) is 17.5 Å². The van der Waals surface area contributed by atoms with Crippen LogP contribution in [0.4, 0.5) is 27.7 Å². The van der Waals surface area contributed by atoms with Crippen molar-refractivity contribution in [1.82, 2.24) is 9.97 Å². The van der Waals surface area contributed by atoms with Gasteiger partial charge in [-0.1, -0.05) is 0 Å². The molecule has 0 radical (unpaired) electrons. The smallest absolute Gasteiger partial charge is 0.223 e. The topological polar surface area (TPSA) is 89.8 Å². The van der Waals surface area contributed by atoms with E-state index in [1.807, 2.05) is 22.6 Å². The van der Waals surface area contributed by atoms with E-state index in [1.54, 1.807) is 12.1 Å². The monoisotopic (exact) mass is 345 g/mol. The van der Waals surface area contributed by atoms with Crippen LogP contribution in [0.3, 0.4) is 0 Å². The number of anilines is 4. The lowest BCUT2D eigenvalue weighted by Crippen LogP contribution is -2.03. The zero-order chi connectivity index (χ0) is 12.4. The van der Waals surface area contributed by atoms with Crippen molar-refractivity contribution in [2.24, 2.45) is 0 Å². The number of benzene rings is 1. The maximum Gasteiger partial charge on any atom is 0.223 e. The quantitative estimate of drug-likeness (QED) is 0.726. The zero-order valence-corrected chi connectivity index (χ0v) is 10.8. The molecule has 0 atom stereocenters. The summed E-state index contributed by atoms with van der Waals surface area (Å²) in [5.74, 6) is 0.544. The molecule has 0 aliphatic rings. The summed E-state index contributed by atoms with van der Waals surface area (Å²) in [5.41, 5.74) is 11.7. The number of aromatic nitrogens is 2. The van der Waals surface area contributed by atoms with Gasteiger partial charge in [0.25, 0.3) is 0 Å². The number of rotatable bonds is 2. The van der Waals surface area contributed by atoms with Crippen molar-refractivity contribution in [3.05, 3.63) is 33.7 Å². The van der Waals surface area contributed by atoms with Crippen LogP contribution in [-0.4, -0.2) is 9.97 Å². The molecule has 0 amide bonds. The van der Waals surface area contributed by atoms with Crippen LogP contribution in [0.2, 0.25) is 0 Å². The average molecular weight is 345 g/mol. The van der Waals surface area contributed by atoms with Gasteiger partial charge in [0, 0.05) is 9.64 Å². The predicted molar refractivity (Wildman–Crippen MR) is 73.3 cm³/mol. The molecule has 0 unspecified atom stereocenters. The Morgan fingerprint density at radius 2 is 1.94 bits per heavy atom. The predicted octanol–water partition coefficient (Wildman–Crippen LogP) is 2.13. The Balaban J connectivity index is 2.31. The van der Waals surface area contributed by atoms with Crippen LogP contribution in [0.1, 0.15) is 0 Å². The summed E-state index contributed by atoms with van der Waals surface area (Å²) in [5, 5.41) is 3.00. The molecule has 0 aliphatic heterocycles. The Bertz CT molecular complexity index is 540. The minimum atomic E-state index is -0.290. The highest BCUT2D eigenvalue weighted by Crippen LogP contribution is 2.23. The number of nitrogens with zero attached hydrogens (tertiary/aromatic N) is 2. The molecule has 1 aromatic heterocycles. The van der Waals surface area contributed by atoms with Crippen molar-refractivity contribution >= 4 is 45.9 Å². The van der Waals surface area contributed by atoms with Crippen LogP contribution in [0.25, 0.3) is 0 Å². The van der Waals surface area contributed by atoms with Gasteiger partial charge < -0.3 is 16.8 Å². The molecule has 2 rings (SSSR count). The van der Waals surface area contributed by atoms with Gasteiger partial charge in [-0.15, -0.1) is 0 Å². The molecule has 17 heavy (non-hydrogen) atoms. The number of nitrogen functional groups attached to an aromatic ring is 2. The first-order valence-corrected chi connectivity index (χ1v) is 5.74. The van der Waals surface area contributed by atoms with Gasteiger partial charge in [-0.3, -0.25) is 0 Å². The Morgan fingerprint density at radius 3 is 2.59 bits per heavy atom. The average Bonchev–Trinajstić information content (AvgIpc) is 2.21. The molecule has 1 heterocycles. The molecule has 0 spiro atoms. The summed E-state index contributed by atoms with van der Waals surface area (Å²) in [4.78, 5) is 7.73. The third-order valence-corrected chi connectivity index (χ3v) is 2.85. The van der Waals surface area contributed by atoms with Crippen LogP contribution >= 0.6 is 22.6 Å². The lowest BCUT2D eigenvalue weighted by Gasteiger charge is -2.08. The molecule has 7 heteroatoms. The van der Waals surface area contributed by atoms with E-state index in [4.69, 9.17) is 11.5 Å². The highest BCUT2D eigenvalue weighted by Gasteiger charge is 2.04. The van der Waals surface area contributed by atoms with Crippen molar-refractivity contribution in [3.8, 4) is 0 Å². The van der Waals surface area contributed by atoms with Crippen LogP contribution in [0, 0.1) is 9.39 Å². The van der Waals surface area contributed by atoms with E-state index in [0.717, 1.165) is 9.26 Å². The van der Waals surface area contributed by atoms with Crippen LogP contribution in [-0.2, 0) is 0 Å². The van der Waals surface area contributed by atoms with E-state index in [2.05, 4.69) is 15.3 Å². The van der Waals surface area contributed by atoms with Crippen molar-refractivity contribution in [2.45, 2.75) is 0 Å². The van der Waals surface area contributed by atoms with E-state index in [9.17, 15) is 4.39 Å². The van der Waals surface area contributed by atoms with E-state index in [1.165, 1.54) is 12.1 Å². The van der Waals surface area contributed by atoms with Gasteiger partial charge >= 0.3 is 0 Å². The van der Waals surface area contributed by atoms with Crippen LogP contribution in [0.5, 0.6) is 0 Å². The minimum absolute atomic E-state index is 0.0876. The Labute approximate surface area is 111 Å². The summed E-state index contributed by atoms with van der Waals surface area (Å²) in [7, 11) is 0. The highest BCUT2D eigenvalue weighted by atomic mass is 127. The number of nitrogens with one attached hydrogen (secondary N) is 1. The van der Waals surface area contributed by atoms with Gasteiger partial charge in [0.2, 0.25) is 5.95 Å². The summed E-state index contributed by atoms with van der Waals surface area (Å²) in [6, 6.07) is 5.94. The highest BCUT2D eigenvalue weighted by molar-refractivity contribution is 14.1. The molecule has 1 aromatic carbocycles. The van der Waals surface area contributed by atoms with Gasteiger partial charge in [-0.25, -0.2) is 4.39 Å². The largest absolute Gasteiger partial charge is 0.383 e. The fourth-order valence-electron chi connectivity index (χ4n) is 1.28. The summed E-state index contributed by atoms with van der Waals surface area (Å²) < 4.78 is 13.7. The second-order valence-electron chi connectivity index (χ2n) is 3.29. The lowest BCUT2D eigenvalue weighted by molar-refractivity contribution is 0.627. The molecule has 0 bridgehead atoms. The number of hydrogen-bond acceptors (Lipinski definition) is 5. The van der Waals surface area contributed by atoms with Crippen molar-refractivity contribution in [3.63, 3.8) is 0 Å². The van der Waals surface area contributed by atoms with Gasteiger partial charge in [-0.05, 0) is 40.8 Å². The minimum Gasteiger partial charge on any atom is -0.383 e. The fourth-order valence-corrected chi connectivity index (χ4v) is 1.89. The molecule has 0 saturated heterocycles. The second-order valence-corrected chi connectivity index (χ2v) is 4.45. The third kappa shape index (κ3) is 2.93. The van der Waals surface area contributed by atoms with Crippen molar-refractivity contribution in [2.75, 3.05) is 16.8 Å². The van der Waals surface area contributed by atoms with E-state index in [0.29, 0.717) is 5.82 Å². The van der Waals surface area contributed by atoms with Gasteiger partial charge in [0.05, 0.1) is 5.69 Å². The Kier molecular flexibility index (Phi) is 3.27. The Hall–Kier alpha value is -1.64. The van der Waals surface area contributed by atoms with Crippen molar-refractivity contribution in [1.29, 1.82) is 0 Å². The van der Waals surface area contributed by atoms with Gasteiger partial charge in [-0.2, -0.15) is 9.97 Å². The SMILES string of the molecule is Nc1cc(Nc2ccc(F)cc2I)nc(N)n1. The van der Waals surface area contributed by atoms with Crippen LogP contribution < -0.4 is 16.8 Å². The molecule has 0 fully saturated rings. The molecule has 88 valence electrons. The van der Waals surface area contributed by atoms with Gasteiger partial charge in [0.15, 0.2) is 0 Å². The standard InChI is InChI=1S/C10H9FIN5/c11-5-1-2-7(6(12)3-5)15-9-4-8(13)16-10(14)17-9/h1-4H,(H5,13,14,15,16,17). The van der Waals surface area contributed by atoms with Crippen molar-refractivity contribution < 1.29 is 4.39 Å². The fraction of sp³-hybridized carbons (Fsp3) is 0. The maximum atomic E-state index is 12.9. The number of nitrogens with two attached hydrogens (primary N) is 2. The second kappa shape index (κ2) is 4.70. The Morgan fingerprint density at radius 1 is 1.18 bits per heavy atom. The summed E-state index contributed by atoms with van der Waals surface area (Å²) in [6.45, 7) is 0. The normalized spacial score (nSPS) is 10.2. The molecule has 0 aliphatic carbocycles. The molecule has 5 nitrogen and oxygen atoms in total. The number of halogens is 2. The first-order chi connectivity index (χ1) is 8.04. The summed E-state index contributed by atoms with van der Waals surface area (Å²) >= 11 is 2.02. The van der Waals surface area contributed by atoms with E-state index in [-0.39, 0.29) is 17.6 Å². The molecular formula is C10H9FIN5. The number of hydrogen-bond donors (Lipinski definition) is 3. The molecule has 0 saturated carbocycles. The first kappa shape index (κ1) is 11.8. The maximum absolute atomic E-state index is 12.9. The molecule has 2 aromatic rings. The van der Waals surface area contributed by atoms with E-state index < -0.39 is 0 Å². The zero-order valence-electron chi connectivity index (χ0n) is 8.61. The first-order valence-electron chi connectivity index (χ1n) is 4.67.